The zero-order valence-corrected chi connectivity index (χ0v) is 8.72. The minimum atomic E-state index is -0.515. The zero-order valence-electron chi connectivity index (χ0n) is 8.72. The molecule has 0 saturated heterocycles. The summed E-state index contributed by atoms with van der Waals surface area (Å²) in [5.74, 6) is -1.03. The number of rotatable bonds is 6. The van der Waals surface area contributed by atoms with Crippen molar-refractivity contribution in [2.45, 2.75) is 13.5 Å². The molecule has 0 aliphatic carbocycles. The van der Waals surface area contributed by atoms with Gasteiger partial charge < -0.3 is 10.1 Å². The van der Waals surface area contributed by atoms with Crippen LogP contribution in [0.15, 0.2) is 18.2 Å². The Kier molecular flexibility index (Phi) is 5.21. The molecule has 4 heteroatoms. The van der Waals surface area contributed by atoms with Crippen molar-refractivity contribution < 1.29 is 13.5 Å². The van der Waals surface area contributed by atoms with Crippen LogP contribution in [-0.4, -0.2) is 19.8 Å². The van der Waals surface area contributed by atoms with E-state index in [0.29, 0.717) is 19.8 Å². The third-order valence-electron chi connectivity index (χ3n) is 1.99. The predicted octanol–water partition coefficient (Wildman–Crippen LogP) is 2.09. The molecular weight excluding hydrogens is 200 g/mol. The van der Waals surface area contributed by atoms with E-state index in [4.69, 9.17) is 4.74 Å². The van der Waals surface area contributed by atoms with Crippen molar-refractivity contribution in [3.63, 3.8) is 0 Å². The third kappa shape index (κ3) is 3.93. The van der Waals surface area contributed by atoms with Crippen LogP contribution >= 0.6 is 0 Å². The van der Waals surface area contributed by atoms with E-state index in [9.17, 15) is 8.78 Å². The van der Waals surface area contributed by atoms with E-state index < -0.39 is 11.6 Å². The first kappa shape index (κ1) is 12.1. The van der Waals surface area contributed by atoms with Crippen molar-refractivity contribution in [2.24, 2.45) is 0 Å². The number of hydrogen-bond donors (Lipinski definition) is 1. The molecule has 1 rings (SSSR count). The highest BCUT2D eigenvalue weighted by molar-refractivity contribution is 5.19. The van der Waals surface area contributed by atoms with Crippen LogP contribution in [0.3, 0.4) is 0 Å². The molecule has 84 valence electrons. The molecule has 1 aromatic carbocycles. The van der Waals surface area contributed by atoms with Crippen LogP contribution in [0, 0.1) is 11.6 Å². The molecule has 0 atom stereocenters. The van der Waals surface area contributed by atoms with E-state index in [1.807, 2.05) is 6.92 Å². The smallest absolute Gasteiger partial charge is 0.130 e. The summed E-state index contributed by atoms with van der Waals surface area (Å²) in [4.78, 5) is 0. The van der Waals surface area contributed by atoms with E-state index in [-0.39, 0.29) is 12.1 Å². The van der Waals surface area contributed by atoms with E-state index in [2.05, 4.69) is 5.32 Å². The van der Waals surface area contributed by atoms with Crippen LogP contribution in [0.5, 0.6) is 0 Å². The molecule has 0 amide bonds. The Balaban J connectivity index is 2.37. The van der Waals surface area contributed by atoms with Crippen molar-refractivity contribution in [3.05, 3.63) is 35.4 Å². The number of benzene rings is 1. The molecule has 0 aliphatic rings. The molecular formula is C11H15F2NO. The van der Waals surface area contributed by atoms with Gasteiger partial charge in [0.25, 0.3) is 0 Å². The van der Waals surface area contributed by atoms with Crippen LogP contribution in [0.2, 0.25) is 0 Å². The van der Waals surface area contributed by atoms with Gasteiger partial charge in [-0.2, -0.15) is 0 Å². The van der Waals surface area contributed by atoms with Gasteiger partial charge in [-0.15, -0.1) is 0 Å². The van der Waals surface area contributed by atoms with Crippen LogP contribution in [0.1, 0.15) is 12.5 Å². The maximum atomic E-state index is 13.1. The first-order valence-electron chi connectivity index (χ1n) is 4.97. The Labute approximate surface area is 88.3 Å². The Bertz CT molecular complexity index is 284. The van der Waals surface area contributed by atoms with Gasteiger partial charge in [-0.3, -0.25) is 0 Å². The minimum Gasteiger partial charge on any atom is -0.380 e. The Hall–Kier alpha value is -1.00. The molecule has 0 spiro atoms. The maximum absolute atomic E-state index is 13.1. The van der Waals surface area contributed by atoms with Crippen LogP contribution in [0.4, 0.5) is 8.78 Å². The van der Waals surface area contributed by atoms with Gasteiger partial charge in [-0.05, 0) is 19.1 Å². The number of halogens is 2. The summed E-state index contributed by atoms with van der Waals surface area (Å²) in [6.45, 7) is 3.87. The molecule has 15 heavy (non-hydrogen) atoms. The Morgan fingerprint density at radius 1 is 1.27 bits per heavy atom. The molecule has 0 saturated carbocycles. The van der Waals surface area contributed by atoms with Gasteiger partial charge in [-0.1, -0.05) is 6.07 Å². The van der Waals surface area contributed by atoms with Crippen LogP contribution in [0.25, 0.3) is 0 Å². The fourth-order valence-corrected chi connectivity index (χ4v) is 1.20. The topological polar surface area (TPSA) is 21.3 Å². The third-order valence-corrected chi connectivity index (χ3v) is 1.99. The average molecular weight is 215 g/mol. The van der Waals surface area contributed by atoms with Crippen molar-refractivity contribution in [3.8, 4) is 0 Å². The average Bonchev–Trinajstić information content (AvgIpc) is 2.21. The molecule has 1 N–H and O–H groups in total. The lowest BCUT2D eigenvalue weighted by molar-refractivity contribution is 0.149. The first-order valence-corrected chi connectivity index (χ1v) is 4.97. The van der Waals surface area contributed by atoms with E-state index in [0.717, 1.165) is 0 Å². The first-order chi connectivity index (χ1) is 7.25. The van der Waals surface area contributed by atoms with Crippen molar-refractivity contribution >= 4 is 0 Å². The van der Waals surface area contributed by atoms with Crippen molar-refractivity contribution in [1.29, 1.82) is 0 Å². The second-order valence-electron chi connectivity index (χ2n) is 3.07. The SMILES string of the molecule is CCOCCNCc1c(F)cccc1F. The summed E-state index contributed by atoms with van der Waals surface area (Å²) in [5, 5.41) is 2.91. The summed E-state index contributed by atoms with van der Waals surface area (Å²) < 4.78 is 31.3. The van der Waals surface area contributed by atoms with Crippen molar-refractivity contribution in [1.82, 2.24) is 5.32 Å². The molecule has 1 aromatic rings. The normalized spacial score (nSPS) is 10.6. The van der Waals surface area contributed by atoms with Gasteiger partial charge in [0.1, 0.15) is 11.6 Å². The standard InChI is InChI=1S/C11H15F2NO/c1-2-15-7-6-14-8-9-10(12)4-3-5-11(9)13/h3-5,14H,2,6-8H2,1H3. The van der Waals surface area contributed by atoms with Gasteiger partial charge in [0, 0.05) is 25.3 Å². The second kappa shape index (κ2) is 6.48. The maximum Gasteiger partial charge on any atom is 0.130 e. The lowest BCUT2D eigenvalue weighted by atomic mass is 10.2. The van der Waals surface area contributed by atoms with Crippen LogP contribution in [-0.2, 0) is 11.3 Å². The van der Waals surface area contributed by atoms with Gasteiger partial charge in [0.05, 0.1) is 6.61 Å². The summed E-state index contributed by atoms with van der Waals surface area (Å²) in [6, 6.07) is 3.86. The zero-order chi connectivity index (χ0) is 11.1. The quantitative estimate of drug-likeness (QED) is 0.734. The molecule has 0 radical (unpaired) electrons. The van der Waals surface area contributed by atoms with E-state index in [1.54, 1.807) is 0 Å². The van der Waals surface area contributed by atoms with Gasteiger partial charge >= 0.3 is 0 Å². The highest BCUT2D eigenvalue weighted by Crippen LogP contribution is 2.11. The van der Waals surface area contributed by atoms with E-state index in [1.165, 1.54) is 18.2 Å². The fourth-order valence-electron chi connectivity index (χ4n) is 1.20. The van der Waals surface area contributed by atoms with Gasteiger partial charge in [0.15, 0.2) is 0 Å². The van der Waals surface area contributed by atoms with E-state index >= 15 is 0 Å². The predicted molar refractivity (Wildman–Crippen MR) is 54.6 cm³/mol. The molecule has 0 bridgehead atoms. The number of ether oxygens (including phenoxy) is 1. The largest absolute Gasteiger partial charge is 0.380 e. The summed E-state index contributed by atoms with van der Waals surface area (Å²) >= 11 is 0. The van der Waals surface area contributed by atoms with Gasteiger partial charge in [0.2, 0.25) is 0 Å². The molecule has 2 nitrogen and oxygen atoms in total. The van der Waals surface area contributed by atoms with Gasteiger partial charge in [-0.25, -0.2) is 8.78 Å². The Morgan fingerprint density at radius 3 is 2.53 bits per heavy atom. The van der Waals surface area contributed by atoms with Crippen LogP contribution < -0.4 is 5.32 Å². The monoisotopic (exact) mass is 215 g/mol. The number of hydrogen-bond acceptors (Lipinski definition) is 2. The molecule has 0 aromatic heterocycles. The molecule has 0 aliphatic heterocycles. The number of nitrogens with one attached hydrogen (secondary N) is 1. The Morgan fingerprint density at radius 2 is 1.93 bits per heavy atom. The highest BCUT2D eigenvalue weighted by Gasteiger charge is 2.06. The summed E-state index contributed by atoms with van der Waals surface area (Å²) in [5.41, 5.74) is 0.0778. The second-order valence-corrected chi connectivity index (χ2v) is 3.07. The molecule has 0 heterocycles. The van der Waals surface area contributed by atoms with Crippen molar-refractivity contribution in [2.75, 3.05) is 19.8 Å². The molecule has 0 unspecified atom stereocenters. The lowest BCUT2D eigenvalue weighted by Gasteiger charge is -2.06. The summed E-state index contributed by atoms with van der Waals surface area (Å²) in [7, 11) is 0. The summed E-state index contributed by atoms with van der Waals surface area (Å²) in [6.07, 6.45) is 0. The fraction of sp³-hybridized carbons (Fsp3) is 0.455. The highest BCUT2D eigenvalue weighted by atomic mass is 19.1. The molecule has 0 fully saturated rings. The lowest BCUT2D eigenvalue weighted by Crippen LogP contribution is -2.20. The minimum absolute atomic E-state index is 0.0778.